The minimum atomic E-state index is -0.405. The molecule has 0 radical (unpaired) electrons. The molecule has 0 bridgehead atoms. The number of methoxy groups -OCH3 is 1. The first kappa shape index (κ1) is 19.8. The van der Waals surface area contributed by atoms with Gasteiger partial charge in [-0.05, 0) is 42.8 Å². The average molecular weight is 391 g/mol. The number of anilines is 4. The van der Waals surface area contributed by atoms with Crippen molar-refractivity contribution in [2.24, 2.45) is 0 Å². The first-order valence-electron chi connectivity index (χ1n) is 8.87. The zero-order valence-corrected chi connectivity index (χ0v) is 16.3. The molecule has 0 fully saturated rings. The second-order valence-corrected chi connectivity index (χ2v) is 6.33. The Morgan fingerprint density at radius 1 is 0.966 bits per heavy atom. The molecule has 0 aliphatic rings. The van der Waals surface area contributed by atoms with Crippen LogP contribution in [0.4, 0.5) is 22.9 Å². The molecule has 148 valence electrons. The smallest absolute Gasteiger partial charge is 0.275 e. The van der Waals surface area contributed by atoms with Gasteiger partial charge in [-0.25, -0.2) is 9.97 Å². The number of rotatable bonds is 6. The van der Waals surface area contributed by atoms with Gasteiger partial charge in [-0.1, -0.05) is 12.1 Å². The Balaban J connectivity index is 1.69. The largest absolute Gasteiger partial charge is 0.495 e. The van der Waals surface area contributed by atoms with E-state index in [1.807, 2.05) is 25.1 Å². The molecule has 3 aromatic rings. The number of aromatic nitrogens is 2. The van der Waals surface area contributed by atoms with Gasteiger partial charge in [-0.3, -0.25) is 9.59 Å². The summed E-state index contributed by atoms with van der Waals surface area (Å²) in [6.07, 6.45) is 2.86. The lowest BCUT2D eigenvalue weighted by atomic mass is 10.2. The highest BCUT2D eigenvalue weighted by Gasteiger charge is 2.10. The summed E-state index contributed by atoms with van der Waals surface area (Å²) < 4.78 is 5.33. The van der Waals surface area contributed by atoms with Crippen LogP contribution in [0.1, 0.15) is 23.0 Å². The van der Waals surface area contributed by atoms with Gasteiger partial charge in [0.2, 0.25) is 5.91 Å². The number of amides is 2. The van der Waals surface area contributed by atoms with Gasteiger partial charge in [0.1, 0.15) is 17.3 Å². The Morgan fingerprint density at radius 2 is 1.72 bits per heavy atom. The number of hydrogen-bond acceptors (Lipinski definition) is 6. The summed E-state index contributed by atoms with van der Waals surface area (Å²) in [5, 5.41) is 8.53. The van der Waals surface area contributed by atoms with Crippen LogP contribution in [0.15, 0.2) is 54.9 Å². The zero-order chi connectivity index (χ0) is 20.8. The molecule has 0 saturated carbocycles. The zero-order valence-electron chi connectivity index (χ0n) is 16.3. The van der Waals surface area contributed by atoms with Gasteiger partial charge in [-0.2, -0.15) is 0 Å². The number of nitrogens with zero attached hydrogens (tertiary/aromatic N) is 2. The lowest BCUT2D eigenvalue weighted by Crippen LogP contribution is -2.14. The molecule has 8 heteroatoms. The highest BCUT2D eigenvalue weighted by atomic mass is 16.5. The number of benzene rings is 2. The third-order valence-electron chi connectivity index (χ3n) is 3.94. The van der Waals surface area contributed by atoms with Gasteiger partial charge in [-0.15, -0.1) is 0 Å². The first-order valence-corrected chi connectivity index (χ1v) is 8.87. The van der Waals surface area contributed by atoms with Crippen LogP contribution in [0, 0.1) is 6.92 Å². The minimum Gasteiger partial charge on any atom is -0.495 e. The van der Waals surface area contributed by atoms with Crippen LogP contribution >= 0.6 is 0 Å². The maximum Gasteiger partial charge on any atom is 0.275 e. The number of nitrogens with one attached hydrogen (secondary N) is 3. The normalized spacial score (nSPS) is 10.2. The average Bonchev–Trinajstić information content (AvgIpc) is 2.68. The first-order chi connectivity index (χ1) is 13.9. The molecule has 8 nitrogen and oxygen atoms in total. The van der Waals surface area contributed by atoms with E-state index in [-0.39, 0.29) is 11.6 Å². The number of carbonyl (C=O) groups excluding carboxylic acids is 2. The van der Waals surface area contributed by atoms with Crippen molar-refractivity contribution in [2.45, 2.75) is 13.8 Å². The molecule has 3 rings (SSSR count). The van der Waals surface area contributed by atoms with E-state index in [0.29, 0.717) is 22.9 Å². The van der Waals surface area contributed by atoms with Gasteiger partial charge in [0, 0.05) is 18.3 Å². The van der Waals surface area contributed by atoms with Crippen molar-refractivity contribution >= 4 is 34.7 Å². The topological polar surface area (TPSA) is 105 Å². The molecule has 1 aromatic heterocycles. The van der Waals surface area contributed by atoms with E-state index in [2.05, 4.69) is 25.9 Å². The highest BCUT2D eigenvalue weighted by Crippen LogP contribution is 2.27. The van der Waals surface area contributed by atoms with Crippen molar-refractivity contribution in [2.75, 3.05) is 23.1 Å². The van der Waals surface area contributed by atoms with E-state index in [1.165, 1.54) is 19.3 Å². The van der Waals surface area contributed by atoms with E-state index < -0.39 is 5.91 Å². The molecule has 0 saturated heterocycles. The summed E-state index contributed by atoms with van der Waals surface area (Å²) in [6.45, 7) is 3.40. The van der Waals surface area contributed by atoms with Crippen LogP contribution in [0.2, 0.25) is 0 Å². The molecule has 2 aromatic carbocycles. The summed E-state index contributed by atoms with van der Waals surface area (Å²) in [4.78, 5) is 32.0. The van der Waals surface area contributed by atoms with E-state index in [9.17, 15) is 9.59 Å². The SMILES string of the molecule is COc1ccc(C)cc1Nc1cnc(C(=O)Nc2cccc(NC(C)=O)c2)cn1. The van der Waals surface area contributed by atoms with Crippen molar-refractivity contribution < 1.29 is 14.3 Å². The molecule has 0 aliphatic carbocycles. The number of ether oxygens (including phenoxy) is 1. The van der Waals surface area contributed by atoms with Gasteiger partial charge in [0.25, 0.3) is 5.91 Å². The maximum absolute atomic E-state index is 12.4. The fraction of sp³-hybridized carbons (Fsp3) is 0.143. The number of carbonyl (C=O) groups is 2. The third-order valence-corrected chi connectivity index (χ3v) is 3.94. The van der Waals surface area contributed by atoms with Crippen molar-refractivity contribution in [3.63, 3.8) is 0 Å². The van der Waals surface area contributed by atoms with E-state index in [0.717, 1.165) is 11.3 Å². The van der Waals surface area contributed by atoms with Gasteiger partial charge in [0.05, 0.1) is 25.2 Å². The van der Waals surface area contributed by atoms with Crippen molar-refractivity contribution in [3.8, 4) is 5.75 Å². The minimum absolute atomic E-state index is 0.164. The molecular weight excluding hydrogens is 370 g/mol. The molecule has 1 heterocycles. The fourth-order valence-corrected chi connectivity index (χ4v) is 2.64. The van der Waals surface area contributed by atoms with Gasteiger partial charge in [0.15, 0.2) is 0 Å². The van der Waals surface area contributed by atoms with Crippen molar-refractivity contribution in [3.05, 3.63) is 66.1 Å². The van der Waals surface area contributed by atoms with Crippen LogP contribution in [-0.2, 0) is 4.79 Å². The molecule has 0 unspecified atom stereocenters. The monoisotopic (exact) mass is 391 g/mol. The van der Waals surface area contributed by atoms with Crippen LogP contribution < -0.4 is 20.7 Å². The molecule has 0 spiro atoms. The van der Waals surface area contributed by atoms with Crippen molar-refractivity contribution in [1.82, 2.24) is 9.97 Å². The lowest BCUT2D eigenvalue weighted by molar-refractivity contribution is -0.114. The predicted molar refractivity (Wildman–Crippen MR) is 112 cm³/mol. The van der Waals surface area contributed by atoms with Crippen LogP contribution in [0.5, 0.6) is 5.75 Å². The summed E-state index contributed by atoms with van der Waals surface area (Å²) in [5.74, 6) is 0.571. The fourth-order valence-electron chi connectivity index (χ4n) is 2.64. The lowest BCUT2D eigenvalue weighted by Gasteiger charge is -2.11. The van der Waals surface area contributed by atoms with Crippen LogP contribution in [-0.4, -0.2) is 28.9 Å². The molecule has 0 aliphatic heterocycles. The second-order valence-electron chi connectivity index (χ2n) is 6.33. The molecule has 29 heavy (non-hydrogen) atoms. The Kier molecular flexibility index (Phi) is 6.03. The van der Waals surface area contributed by atoms with E-state index in [1.54, 1.807) is 31.4 Å². The molecule has 3 N–H and O–H groups in total. The highest BCUT2D eigenvalue weighted by molar-refractivity contribution is 6.03. The Bertz CT molecular complexity index is 1030. The number of aryl methyl sites for hydroxylation is 1. The van der Waals surface area contributed by atoms with E-state index >= 15 is 0 Å². The van der Waals surface area contributed by atoms with Crippen LogP contribution in [0.25, 0.3) is 0 Å². The summed E-state index contributed by atoms with van der Waals surface area (Å²) in [7, 11) is 1.59. The second kappa shape index (κ2) is 8.83. The maximum atomic E-state index is 12.4. The molecule has 2 amide bonds. The Morgan fingerprint density at radius 3 is 2.38 bits per heavy atom. The van der Waals surface area contributed by atoms with Gasteiger partial charge < -0.3 is 20.7 Å². The van der Waals surface area contributed by atoms with Gasteiger partial charge >= 0.3 is 0 Å². The summed E-state index contributed by atoms with van der Waals surface area (Å²) >= 11 is 0. The Hall–Kier alpha value is -3.94. The molecule has 0 atom stereocenters. The summed E-state index contributed by atoms with van der Waals surface area (Å²) in [6, 6.07) is 12.6. The third kappa shape index (κ3) is 5.29. The van der Waals surface area contributed by atoms with Crippen molar-refractivity contribution in [1.29, 1.82) is 0 Å². The quantitative estimate of drug-likeness (QED) is 0.591. The van der Waals surface area contributed by atoms with E-state index in [4.69, 9.17) is 4.74 Å². The predicted octanol–water partition coefficient (Wildman–Crippen LogP) is 3.75. The van der Waals surface area contributed by atoms with Crippen LogP contribution in [0.3, 0.4) is 0 Å². The molecular formula is C21H21N5O3. The summed E-state index contributed by atoms with van der Waals surface area (Å²) in [5.41, 5.74) is 3.12. The number of hydrogen-bond donors (Lipinski definition) is 3. The standard InChI is InChI=1S/C21H21N5O3/c1-13-7-8-19(29-3)17(9-13)26-20-12-22-18(11-23-20)21(28)25-16-6-4-5-15(10-16)24-14(2)27/h4-12H,1-3H3,(H,23,26)(H,24,27)(H,25,28). The Labute approximate surface area is 168 Å².